The first-order valence-corrected chi connectivity index (χ1v) is 8.74. The Kier molecular flexibility index (Phi) is 6.70. The van der Waals surface area contributed by atoms with Crippen molar-refractivity contribution in [2.24, 2.45) is 0 Å². The SMILES string of the molecule is CCOc1ccc(C(=O)N(C)Cc2nn(CC)cc2Cl)cc1OCC. The van der Waals surface area contributed by atoms with Crippen LogP contribution in [0.5, 0.6) is 11.5 Å². The molecule has 0 spiro atoms. The summed E-state index contributed by atoms with van der Waals surface area (Å²) in [6.45, 7) is 7.88. The van der Waals surface area contributed by atoms with Crippen LogP contribution in [0, 0.1) is 0 Å². The average Bonchev–Trinajstić information content (AvgIpc) is 2.96. The molecule has 1 amide bonds. The lowest BCUT2D eigenvalue weighted by atomic mass is 10.1. The first-order chi connectivity index (χ1) is 12.0. The summed E-state index contributed by atoms with van der Waals surface area (Å²) < 4.78 is 12.9. The number of aryl methyl sites for hydroxylation is 1. The molecule has 0 atom stereocenters. The molecular formula is C18H24ClN3O3. The molecule has 136 valence electrons. The molecule has 0 radical (unpaired) electrons. The number of ether oxygens (including phenoxy) is 2. The van der Waals surface area contributed by atoms with Gasteiger partial charge in [0.25, 0.3) is 5.91 Å². The quantitative estimate of drug-likeness (QED) is 0.716. The van der Waals surface area contributed by atoms with Crippen molar-refractivity contribution >= 4 is 17.5 Å². The highest BCUT2D eigenvalue weighted by Gasteiger charge is 2.18. The summed E-state index contributed by atoms with van der Waals surface area (Å²) in [6.07, 6.45) is 1.76. The van der Waals surface area contributed by atoms with Crippen LogP contribution in [0.4, 0.5) is 0 Å². The van der Waals surface area contributed by atoms with Gasteiger partial charge in [0.1, 0.15) is 5.69 Å². The van der Waals surface area contributed by atoms with Crippen molar-refractivity contribution in [3.05, 3.63) is 40.7 Å². The molecule has 0 saturated heterocycles. The monoisotopic (exact) mass is 365 g/mol. The number of aromatic nitrogens is 2. The maximum atomic E-state index is 12.7. The second-order valence-corrected chi connectivity index (χ2v) is 5.88. The number of rotatable bonds is 8. The highest BCUT2D eigenvalue weighted by molar-refractivity contribution is 6.31. The summed E-state index contributed by atoms with van der Waals surface area (Å²) in [5.41, 5.74) is 1.20. The molecule has 1 heterocycles. The van der Waals surface area contributed by atoms with E-state index in [2.05, 4.69) is 5.10 Å². The largest absolute Gasteiger partial charge is 0.490 e. The molecule has 0 bridgehead atoms. The molecule has 25 heavy (non-hydrogen) atoms. The highest BCUT2D eigenvalue weighted by atomic mass is 35.5. The minimum atomic E-state index is -0.133. The standard InChI is InChI=1S/C18H24ClN3O3/c1-5-22-11-14(19)15(20-22)12-21(4)18(23)13-8-9-16(24-6-2)17(10-13)25-7-3/h8-11H,5-7,12H2,1-4H3. The van der Waals surface area contributed by atoms with E-state index in [9.17, 15) is 4.79 Å². The third-order valence-electron chi connectivity index (χ3n) is 3.64. The van der Waals surface area contributed by atoms with Crippen molar-refractivity contribution < 1.29 is 14.3 Å². The molecule has 0 saturated carbocycles. The van der Waals surface area contributed by atoms with Gasteiger partial charge in [0.2, 0.25) is 0 Å². The summed E-state index contributed by atoms with van der Waals surface area (Å²) in [7, 11) is 1.72. The van der Waals surface area contributed by atoms with Gasteiger partial charge in [-0.2, -0.15) is 5.10 Å². The fourth-order valence-corrected chi connectivity index (χ4v) is 2.62. The predicted molar refractivity (Wildman–Crippen MR) is 97.5 cm³/mol. The Labute approximate surface area is 153 Å². The molecular weight excluding hydrogens is 342 g/mol. The summed E-state index contributed by atoms with van der Waals surface area (Å²) in [5.74, 6) is 1.07. The van der Waals surface area contributed by atoms with Crippen molar-refractivity contribution in [2.45, 2.75) is 33.9 Å². The normalized spacial score (nSPS) is 10.6. The number of halogens is 1. The van der Waals surface area contributed by atoms with Crippen LogP contribution in [0.2, 0.25) is 5.02 Å². The van der Waals surface area contributed by atoms with E-state index in [-0.39, 0.29) is 5.91 Å². The van der Waals surface area contributed by atoms with E-state index in [1.807, 2.05) is 20.8 Å². The van der Waals surface area contributed by atoms with E-state index in [4.69, 9.17) is 21.1 Å². The lowest BCUT2D eigenvalue weighted by Crippen LogP contribution is -2.26. The van der Waals surface area contributed by atoms with Crippen molar-refractivity contribution in [3.8, 4) is 11.5 Å². The zero-order valence-electron chi connectivity index (χ0n) is 15.1. The predicted octanol–water partition coefficient (Wildman–Crippen LogP) is 3.63. The van der Waals surface area contributed by atoms with E-state index in [1.54, 1.807) is 41.0 Å². The van der Waals surface area contributed by atoms with Crippen LogP contribution in [-0.4, -0.2) is 40.8 Å². The van der Waals surface area contributed by atoms with Gasteiger partial charge in [-0.05, 0) is 39.0 Å². The maximum Gasteiger partial charge on any atom is 0.254 e. The minimum Gasteiger partial charge on any atom is -0.490 e. The lowest BCUT2D eigenvalue weighted by molar-refractivity contribution is 0.0782. The van der Waals surface area contributed by atoms with Gasteiger partial charge in [-0.3, -0.25) is 9.48 Å². The molecule has 6 nitrogen and oxygen atoms in total. The van der Waals surface area contributed by atoms with Crippen LogP contribution in [0.1, 0.15) is 36.8 Å². The smallest absolute Gasteiger partial charge is 0.254 e. The summed E-state index contributed by atoms with van der Waals surface area (Å²) >= 11 is 6.18. The Hall–Kier alpha value is -2.21. The number of carbonyl (C=O) groups is 1. The number of amides is 1. The van der Waals surface area contributed by atoms with Crippen molar-refractivity contribution in [3.63, 3.8) is 0 Å². The van der Waals surface area contributed by atoms with Gasteiger partial charge in [0.15, 0.2) is 11.5 Å². The molecule has 1 aromatic heterocycles. The zero-order chi connectivity index (χ0) is 18.4. The van der Waals surface area contributed by atoms with Gasteiger partial charge in [-0.15, -0.1) is 0 Å². The van der Waals surface area contributed by atoms with Crippen molar-refractivity contribution in [1.29, 1.82) is 0 Å². The summed E-state index contributed by atoms with van der Waals surface area (Å²) in [6, 6.07) is 5.20. The number of benzene rings is 1. The maximum absolute atomic E-state index is 12.7. The van der Waals surface area contributed by atoms with Crippen LogP contribution in [0.3, 0.4) is 0 Å². The Bertz CT molecular complexity index is 730. The van der Waals surface area contributed by atoms with Gasteiger partial charge in [0, 0.05) is 25.4 Å². The van der Waals surface area contributed by atoms with Gasteiger partial charge in [0.05, 0.1) is 24.8 Å². The van der Waals surface area contributed by atoms with Crippen LogP contribution >= 0.6 is 11.6 Å². The van der Waals surface area contributed by atoms with E-state index >= 15 is 0 Å². The molecule has 2 rings (SSSR count). The number of nitrogens with zero attached hydrogens (tertiary/aromatic N) is 3. The molecule has 0 unspecified atom stereocenters. The van der Waals surface area contributed by atoms with Crippen LogP contribution < -0.4 is 9.47 Å². The van der Waals surface area contributed by atoms with Crippen LogP contribution in [-0.2, 0) is 13.1 Å². The second kappa shape index (κ2) is 8.76. The summed E-state index contributed by atoms with van der Waals surface area (Å²) in [4.78, 5) is 14.3. The van der Waals surface area contributed by atoms with Gasteiger partial charge in [-0.25, -0.2) is 0 Å². The van der Waals surface area contributed by atoms with E-state index in [0.717, 1.165) is 6.54 Å². The Morgan fingerprint density at radius 1 is 1.20 bits per heavy atom. The molecule has 0 N–H and O–H groups in total. The van der Waals surface area contributed by atoms with Gasteiger partial charge >= 0.3 is 0 Å². The summed E-state index contributed by atoms with van der Waals surface area (Å²) in [5, 5.41) is 4.93. The lowest BCUT2D eigenvalue weighted by Gasteiger charge is -2.18. The first kappa shape index (κ1) is 19.1. The van der Waals surface area contributed by atoms with Gasteiger partial charge < -0.3 is 14.4 Å². The van der Waals surface area contributed by atoms with Gasteiger partial charge in [-0.1, -0.05) is 11.6 Å². The average molecular weight is 366 g/mol. The van der Waals surface area contributed by atoms with E-state index in [1.165, 1.54) is 0 Å². The molecule has 0 aliphatic heterocycles. The Morgan fingerprint density at radius 2 is 1.88 bits per heavy atom. The van der Waals surface area contributed by atoms with Crippen molar-refractivity contribution in [2.75, 3.05) is 20.3 Å². The second-order valence-electron chi connectivity index (χ2n) is 5.47. The number of carbonyl (C=O) groups excluding carboxylic acids is 1. The van der Waals surface area contributed by atoms with E-state index in [0.29, 0.717) is 47.5 Å². The Balaban J connectivity index is 2.17. The zero-order valence-corrected chi connectivity index (χ0v) is 15.8. The minimum absolute atomic E-state index is 0.133. The molecule has 7 heteroatoms. The first-order valence-electron chi connectivity index (χ1n) is 8.37. The molecule has 0 aliphatic carbocycles. The van der Waals surface area contributed by atoms with Crippen molar-refractivity contribution in [1.82, 2.24) is 14.7 Å². The molecule has 0 aliphatic rings. The van der Waals surface area contributed by atoms with E-state index < -0.39 is 0 Å². The van der Waals surface area contributed by atoms with Crippen LogP contribution in [0.15, 0.2) is 24.4 Å². The third-order valence-corrected chi connectivity index (χ3v) is 3.95. The topological polar surface area (TPSA) is 56.6 Å². The number of hydrogen-bond acceptors (Lipinski definition) is 4. The number of hydrogen-bond donors (Lipinski definition) is 0. The van der Waals surface area contributed by atoms with Crippen LogP contribution in [0.25, 0.3) is 0 Å². The molecule has 0 fully saturated rings. The third kappa shape index (κ3) is 4.66. The fourth-order valence-electron chi connectivity index (χ4n) is 2.41. The fraction of sp³-hybridized carbons (Fsp3) is 0.444. The molecule has 1 aromatic carbocycles. The highest BCUT2D eigenvalue weighted by Crippen LogP contribution is 2.29. The molecule has 2 aromatic rings. The Morgan fingerprint density at radius 3 is 2.48 bits per heavy atom.